The molecule has 1 fully saturated rings. The van der Waals surface area contributed by atoms with Crippen LogP contribution in [0.3, 0.4) is 0 Å². The second-order valence-corrected chi connectivity index (χ2v) is 4.51. The van der Waals surface area contributed by atoms with E-state index < -0.39 is 35.2 Å². The Morgan fingerprint density at radius 2 is 1.85 bits per heavy atom. The summed E-state index contributed by atoms with van der Waals surface area (Å²) < 4.78 is 43.6. The molecule has 0 bridgehead atoms. The molecular formula is C13H12F3NO3. The summed E-state index contributed by atoms with van der Waals surface area (Å²) in [6.07, 6.45) is 0.421. The van der Waals surface area contributed by atoms with Crippen LogP contribution in [0.5, 0.6) is 0 Å². The minimum Gasteiger partial charge on any atom is -0.469 e. The summed E-state index contributed by atoms with van der Waals surface area (Å²) in [5, 5.41) is 0. The van der Waals surface area contributed by atoms with Gasteiger partial charge < -0.3 is 9.64 Å². The highest BCUT2D eigenvalue weighted by Crippen LogP contribution is 2.21. The molecule has 0 spiro atoms. The molecule has 1 amide bonds. The van der Waals surface area contributed by atoms with Gasteiger partial charge >= 0.3 is 5.97 Å². The molecule has 0 aromatic heterocycles. The number of benzene rings is 1. The van der Waals surface area contributed by atoms with Gasteiger partial charge in [0, 0.05) is 18.7 Å². The number of carbonyl (C=O) groups excluding carboxylic acids is 2. The monoisotopic (exact) mass is 287 g/mol. The standard InChI is InChI=1S/C13H12F3NO3/c1-20-13(19)7-2-3-17(6-7)12(18)8-4-9(14)11(16)10(15)5-8/h4-5,7H,2-3,6H2,1H3. The average Bonchev–Trinajstić information content (AvgIpc) is 2.92. The molecule has 1 aromatic rings. The van der Waals surface area contributed by atoms with Crippen LogP contribution >= 0.6 is 0 Å². The minimum absolute atomic E-state index is 0.117. The molecule has 1 aliphatic heterocycles. The summed E-state index contributed by atoms with van der Waals surface area (Å²) in [7, 11) is 1.25. The molecule has 2 rings (SSSR count). The van der Waals surface area contributed by atoms with Gasteiger partial charge in [-0.15, -0.1) is 0 Å². The van der Waals surface area contributed by atoms with E-state index in [4.69, 9.17) is 0 Å². The Bertz CT molecular complexity index is 539. The second-order valence-electron chi connectivity index (χ2n) is 4.51. The zero-order chi connectivity index (χ0) is 14.9. The summed E-state index contributed by atoms with van der Waals surface area (Å²) in [6.45, 7) is 0.394. The van der Waals surface area contributed by atoms with Gasteiger partial charge in [0.15, 0.2) is 17.5 Å². The fraction of sp³-hybridized carbons (Fsp3) is 0.385. The molecule has 0 N–H and O–H groups in total. The molecular weight excluding hydrogens is 275 g/mol. The predicted molar refractivity (Wildman–Crippen MR) is 62.3 cm³/mol. The number of methoxy groups -OCH3 is 1. The van der Waals surface area contributed by atoms with Gasteiger partial charge in [0.2, 0.25) is 0 Å². The highest BCUT2D eigenvalue weighted by molar-refractivity contribution is 5.94. The summed E-state index contributed by atoms with van der Waals surface area (Å²) in [4.78, 5) is 24.7. The van der Waals surface area contributed by atoms with E-state index in [1.165, 1.54) is 12.0 Å². The van der Waals surface area contributed by atoms with Crippen LogP contribution in [0.4, 0.5) is 13.2 Å². The zero-order valence-electron chi connectivity index (χ0n) is 10.7. The van der Waals surface area contributed by atoms with Gasteiger partial charge in [-0.3, -0.25) is 9.59 Å². The van der Waals surface area contributed by atoms with E-state index >= 15 is 0 Å². The second kappa shape index (κ2) is 5.52. The van der Waals surface area contributed by atoms with E-state index in [0.29, 0.717) is 18.6 Å². The first-order chi connectivity index (χ1) is 9.43. The first kappa shape index (κ1) is 14.4. The van der Waals surface area contributed by atoms with Gasteiger partial charge in [-0.1, -0.05) is 0 Å². The van der Waals surface area contributed by atoms with E-state index in [-0.39, 0.29) is 18.7 Å². The molecule has 20 heavy (non-hydrogen) atoms. The molecule has 1 aromatic carbocycles. The van der Waals surface area contributed by atoms with Crippen molar-refractivity contribution in [3.63, 3.8) is 0 Å². The van der Waals surface area contributed by atoms with Crippen LogP contribution in [0.2, 0.25) is 0 Å². The van der Waals surface area contributed by atoms with Gasteiger partial charge in [0.25, 0.3) is 5.91 Å². The number of likely N-dealkylation sites (tertiary alicyclic amines) is 1. The molecule has 0 saturated carbocycles. The molecule has 1 unspecified atom stereocenters. The first-order valence-corrected chi connectivity index (χ1v) is 5.95. The maximum Gasteiger partial charge on any atom is 0.310 e. The Balaban J connectivity index is 2.15. The largest absolute Gasteiger partial charge is 0.469 e. The molecule has 1 atom stereocenters. The number of rotatable bonds is 2. The number of halogens is 3. The van der Waals surface area contributed by atoms with Crippen molar-refractivity contribution in [2.24, 2.45) is 5.92 Å². The maximum absolute atomic E-state index is 13.1. The third-order valence-electron chi connectivity index (χ3n) is 3.24. The van der Waals surface area contributed by atoms with E-state index in [2.05, 4.69) is 4.74 Å². The van der Waals surface area contributed by atoms with Gasteiger partial charge in [0.05, 0.1) is 13.0 Å². The van der Waals surface area contributed by atoms with E-state index in [1.807, 2.05) is 0 Å². The lowest BCUT2D eigenvalue weighted by Gasteiger charge is -2.16. The number of hydrogen-bond acceptors (Lipinski definition) is 3. The van der Waals surface area contributed by atoms with Crippen molar-refractivity contribution in [2.75, 3.05) is 20.2 Å². The third kappa shape index (κ3) is 2.61. The number of amides is 1. The average molecular weight is 287 g/mol. The number of esters is 1. The topological polar surface area (TPSA) is 46.6 Å². The molecule has 7 heteroatoms. The molecule has 1 aliphatic rings. The van der Waals surface area contributed by atoms with E-state index in [0.717, 1.165) is 0 Å². The third-order valence-corrected chi connectivity index (χ3v) is 3.24. The quantitative estimate of drug-likeness (QED) is 0.615. The highest BCUT2D eigenvalue weighted by Gasteiger charge is 2.32. The summed E-state index contributed by atoms with van der Waals surface area (Å²) in [6, 6.07) is 1.29. The van der Waals surface area contributed by atoms with Crippen molar-refractivity contribution < 1.29 is 27.5 Å². The van der Waals surface area contributed by atoms with Crippen molar-refractivity contribution in [2.45, 2.75) is 6.42 Å². The summed E-state index contributed by atoms with van der Waals surface area (Å²) in [5.74, 6) is -5.98. The Morgan fingerprint density at radius 1 is 1.25 bits per heavy atom. The molecule has 0 radical (unpaired) electrons. The summed E-state index contributed by atoms with van der Waals surface area (Å²) >= 11 is 0. The van der Waals surface area contributed by atoms with Crippen molar-refractivity contribution in [3.05, 3.63) is 35.1 Å². The minimum atomic E-state index is -1.62. The lowest BCUT2D eigenvalue weighted by atomic mass is 10.1. The van der Waals surface area contributed by atoms with Gasteiger partial charge in [-0.05, 0) is 18.6 Å². The van der Waals surface area contributed by atoms with Crippen LogP contribution < -0.4 is 0 Å². The van der Waals surface area contributed by atoms with Crippen LogP contribution in [-0.4, -0.2) is 37.0 Å². The molecule has 4 nitrogen and oxygen atoms in total. The van der Waals surface area contributed by atoms with Crippen molar-refractivity contribution in [1.29, 1.82) is 0 Å². The molecule has 1 saturated heterocycles. The highest BCUT2D eigenvalue weighted by atomic mass is 19.2. The van der Waals surface area contributed by atoms with Gasteiger partial charge in [-0.2, -0.15) is 0 Å². The van der Waals surface area contributed by atoms with Crippen molar-refractivity contribution in [1.82, 2.24) is 4.90 Å². The number of ether oxygens (including phenoxy) is 1. The Hall–Kier alpha value is -2.05. The maximum atomic E-state index is 13.1. The van der Waals surface area contributed by atoms with E-state index in [9.17, 15) is 22.8 Å². The zero-order valence-corrected chi connectivity index (χ0v) is 10.7. The SMILES string of the molecule is COC(=O)C1CCN(C(=O)c2cc(F)c(F)c(F)c2)C1. The summed E-state index contributed by atoms with van der Waals surface area (Å²) in [5.41, 5.74) is -0.285. The van der Waals surface area contributed by atoms with Crippen LogP contribution in [0.25, 0.3) is 0 Å². The molecule has 108 valence electrons. The number of nitrogens with zero attached hydrogens (tertiary/aromatic N) is 1. The first-order valence-electron chi connectivity index (χ1n) is 5.95. The van der Waals surface area contributed by atoms with Crippen LogP contribution in [0.15, 0.2) is 12.1 Å². The molecule has 1 heterocycles. The fourth-order valence-corrected chi connectivity index (χ4v) is 2.17. The lowest BCUT2D eigenvalue weighted by Crippen LogP contribution is -2.30. The van der Waals surface area contributed by atoms with E-state index in [1.54, 1.807) is 0 Å². The number of carbonyl (C=O) groups is 2. The van der Waals surface area contributed by atoms with Crippen LogP contribution in [0.1, 0.15) is 16.8 Å². The van der Waals surface area contributed by atoms with Gasteiger partial charge in [0.1, 0.15) is 0 Å². The Kier molecular flexibility index (Phi) is 3.96. The lowest BCUT2D eigenvalue weighted by molar-refractivity contribution is -0.144. The Morgan fingerprint density at radius 3 is 2.40 bits per heavy atom. The normalized spacial score (nSPS) is 18.2. The molecule has 0 aliphatic carbocycles. The number of hydrogen-bond donors (Lipinski definition) is 0. The smallest absolute Gasteiger partial charge is 0.310 e. The predicted octanol–water partition coefficient (Wildman–Crippen LogP) is 1.74. The fourth-order valence-electron chi connectivity index (χ4n) is 2.17. The van der Waals surface area contributed by atoms with Crippen molar-refractivity contribution >= 4 is 11.9 Å². The van der Waals surface area contributed by atoms with Crippen molar-refractivity contribution in [3.8, 4) is 0 Å². The Labute approximate surface area is 113 Å². The van der Waals surface area contributed by atoms with Crippen LogP contribution in [-0.2, 0) is 9.53 Å². The van der Waals surface area contributed by atoms with Gasteiger partial charge in [-0.25, -0.2) is 13.2 Å². The van der Waals surface area contributed by atoms with Crippen LogP contribution in [0, 0.1) is 23.4 Å².